The van der Waals surface area contributed by atoms with Gasteiger partial charge in [-0.1, -0.05) is 0 Å². The van der Waals surface area contributed by atoms with Crippen LogP contribution in [0.1, 0.15) is 29.2 Å². The maximum absolute atomic E-state index is 9.52. The lowest BCUT2D eigenvalue weighted by molar-refractivity contribution is 0.179. The first kappa shape index (κ1) is 11.0. The molecule has 1 aromatic carbocycles. The van der Waals surface area contributed by atoms with E-state index in [1.807, 2.05) is 6.92 Å². The summed E-state index contributed by atoms with van der Waals surface area (Å²) in [5.41, 5.74) is 3.20. The third-order valence-electron chi connectivity index (χ3n) is 2.52. The van der Waals surface area contributed by atoms with Crippen molar-refractivity contribution in [3.05, 3.63) is 28.8 Å². The largest absolute Gasteiger partial charge is 0.508 e. The van der Waals surface area contributed by atoms with Crippen LogP contribution in [0.3, 0.4) is 0 Å². The van der Waals surface area contributed by atoms with Crippen molar-refractivity contribution in [1.29, 1.82) is 0 Å². The van der Waals surface area contributed by atoms with Crippen molar-refractivity contribution in [3.8, 4) is 5.75 Å². The van der Waals surface area contributed by atoms with Crippen molar-refractivity contribution in [2.75, 3.05) is 7.11 Å². The number of phenolic OH excluding ortho intramolecular Hbond substituents is 1. The van der Waals surface area contributed by atoms with Gasteiger partial charge in [0, 0.05) is 7.11 Å². The minimum atomic E-state index is -0.370. The molecule has 0 amide bonds. The van der Waals surface area contributed by atoms with Crippen LogP contribution in [0.15, 0.2) is 12.1 Å². The summed E-state index contributed by atoms with van der Waals surface area (Å²) in [5.74, 6) is 0.257. The molecule has 3 heteroatoms. The van der Waals surface area contributed by atoms with Gasteiger partial charge in [0.2, 0.25) is 0 Å². The fourth-order valence-electron chi connectivity index (χ4n) is 1.90. The second-order valence-corrected chi connectivity index (χ2v) is 3.38. The van der Waals surface area contributed by atoms with E-state index in [1.165, 1.54) is 5.56 Å². The van der Waals surface area contributed by atoms with Crippen LogP contribution < -0.4 is 0 Å². The van der Waals surface area contributed by atoms with Gasteiger partial charge in [-0.3, -0.25) is 0 Å². The Morgan fingerprint density at radius 2 is 1.93 bits per heavy atom. The van der Waals surface area contributed by atoms with Gasteiger partial charge >= 0.3 is 0 Å². The number of aliphatic hydroxyl groups is 2. The van der Waals surface area contributed by atoms with Crippen molar-refractivity contribution < 1.29 is 15.3 Å². The van der Waals surface area contributed by atoms with Gasteiger partial charge in [0.15, 0.2) is 0 Å². The van der Waals surface area contributed by atoms with E-state index in [2.05, 4.69) is 0 Å². The molecule has 1 atom stereocenters. The molecule has 0 bridgehead atoms. The summed E-state index contributed by atoms with van der Waals surface area (Å²) in [5, 5.41) is 25.8. The molecule has 78 valence electrons. The summed E-state index contributed by atoms with van der Waals surface area (Å²) < 4.78 is 0. The molecule has 1 aliphatic rings. The van der Waals surface area contributed by atoms with E-state index in [0.717, 1.165) is 31.1 Å². The molecule has 14 heavy (non-hydrogen) atoms. The Labute approximate surface area is 83.6 Å². The molecular weight excluding hydrogens is 180 g/mol. The fraction of sp³-hybridized carbons (Fsp3) is 0.455. The first-order chi connectivity index (χ1) is 6.68. The van der Waals surface area contributed by atoms with Gasteiger partial charge < -0.3 is 15.3 Å². The molecule has 3 nitrogen and oxygen atoms in total. The predicted molar refractivity (Wildman–Crippen MR) is 54.3 cm³/mol. The van der Waals surface area contributed by atoms with Gasteiger partial charge in [-0.05, 0) is 48.6 Å². The number of fused-ring (bicyclic) bond motifs is 1. The molecule has 0 spiro atoms. The normalized spacial score (nSPS) is 18.4. The summed E-state index contributed by atoms with van der Waals surface area (Å²) in [4.78, 5) is 0. The quantitative estimate of drug-likeness (QED) is 0.586. The lowest BCUT2D eigenvalue weighted by Gasteiger charge is -2.06. The van der Waals surface area contributed by atoms with Crippen molar-refractivity contribution in [3.63, 3.8) is 0 Å². The highest BCUT2D eigenvalue weighted by atomic mass is 16.3. The second-order valence-electron chi connectivity index (χ2n) is 3.38. The van der Waals surface area contributed by atoms with Crippen LogP contribution in [0, 0.1) is 6.92 Å². The second kappa shape index (κ2) is 4.44. The van der Waals surface area contributed by atoms with Crippen LogP contribution in [0.2, 0.25) is 0 Å². The molecular formula is C11H16O3. The monoisotopic (exact) mass is 196 g/mol. The average Bonchev–Trinajstić information content (AvgIpc) is 2.52. The Kier molecular flexibility index (Phi) is 3.49. The fourth-order valence-corrected chi connectivity index (χ4v) is 1.90. The van der Waals surface area contributed by atoms with Gasteiger partial charge in [0.1, 0.15) is 5.75 Å². The zero-order valence-corrected chi connectivity index (χ0v) is 8.49. The Morgan fingerprint density at radius 3 is 2.57 bits per heavy atom. The molecule has 1 aliphatic carbocycles. The number of aromatic hydroxyl groups is 1. The van der Waals surface area contributed by atoms with Gasteiger partial charge in [-0.2, -0.15) is 0 Å². The van der Waals surface area contributed by atoms with Gasteiger partial charge in [0.05, 0.1) is 6.10 Å². The Balaban J connectivity index is 0.000000461. The number of phenols is 1. The van der Waals surface area contributed by atoms with Gasteiger partial charge in [0.25, 0.3) is 0 Å². The maximum atomic E-state index is 9.52. The van der Waals surface area contributed by atoms with Crippen molar-refractivity contribution in [2.45, 2.75) is 25.9 Å². The topological polar surface area (TPSA) is 60.7 Å². The highest BCUT2D eigenvalue weighted by Gasteiger charge is 2.22. The smallest absolute Gasteiger partial charge is 0.116 e. The molecule has 0 aromatic heterocycles. The lowest BCUT2D eigenvalue weighted by Crippen LogP contribution is -1.91. The van der Waals surface area contributed by atoms with E-state index in [1.54, 1.807) is 12.1 Å². The molecule has 3 N–H and O–H groups in total. The number of rotatable bonds is 0. The Bertz CT molecular complexity index is 321. The van der Waals surface area contributed by atoms with Crippen molar-refractivity contribution in [1.82, 2.24) is 0 Å². The van der Waals surface area contributed by atoms with Crippen LogP contribution in [0.5, 0.6) is 5.75 Å². The molecule has 0 heterocycles. The average molecular weight is 196 g/mol. The van der Waals surface area contributed by atoms with E-state index < -0.39 is 0 Å². The number of benzene rings is 1. The van der Waals surface area contributed by atoms with Crippen molar-refractivity contribution >= 4 is 0 Å². The molecule has 1 unspecified atom stereocenters. The SMILES string of the molecule is CO.Cc1cc(O)cc2c1CCC2O. The van der Waals surface area contributed by atoms with E-state index in [4.69, 9.17) is 5.11 Å². The summed E-state index contributed by atoms with van der Waals surface area (Å²) in [6.45, 7) is 1.97. The highest BCUT2D eigenvalue weighted by Crippen LogP contribution is 2.35. The zero-order chi connectivity index (χ0) is 10.7. The third kappa shape index (κ3) is 1.89. The number of aliphatic hydroxyl groups excluding tert-OH is 2. The highest BCUT2D eigenvalue weighted by molar-refractivity contribution is 5.44. The first-order valence-corrected chi connectivity index (χ1v) is 4.63. The number of hydrogen-bond acceptors (Lipinski definition) is 3. The Morgan fingerprint density at radius 1 is 1.29 bits per heavy atom. The molecule has 0 radical (unpaired) electrons. The predicted octanol–water partition coefficient (Wildman–Crippen LogP) is 1.29. The first-order valence-electron chi connectivity index (χ1n) is 4.63. The number of hydrogen-bond donors (Lipinski definition) is 3. The molecule has 0 saturated carbocycles. The van der Waals surface area contributed by atoms with Crippen LogP contribution in [-0.2, 0) is 6.42 Å². The molecule has 2 rings (SSSR count). The van der Waals surface area contributed by atoms with Crippen LogP contribution in [-0.4, -0.2) is 22.4 Å². The Hall–Kier alpha value is -1.06. The van der Waals surface area contributed by atoms with E-state index in [-0.39, 0.29) is 11.9 Å². The zero-order valence-electron chi connectivity index (χ0n) is 8.49. The molecule has 0 fully saturated rings. The van der Waals surface area contributed by atoms with E-state index in [9.17, 15) is 10.2 Å². The third-order valence-corrected chi connectivity index (χ3v) is 2.52. The van der Waals surface area contributed by atoms with E-state index >= 15 is 0 Å². The summed E-state index contributed by atoms with van der Waals surface area (Å²) >= 11 is 0. The molecule has 1 aromatic rings. The van der Waals surface area contributed by atoms with E-state index in [0.29, 0.717) is 0 Å². The van der Waals surface area contributed by atoms with Gasteiger partial charge in [-0.15, -0.1) is 0 Å². The van der Waals surface area contributed by atoms with Crippen molar-refractivity contribution in [2.24, 2.45) is 0 Å². The minimum Gasteiger partial charge on any atom is -0.508 e. The maximum Gasteiger partial charge on any atom is 0.116 e. The van der Waals surface area contributed by atoms with Crippen LogP contribution in [0.25, 0.3) is 0 Å². The van der Waals surface area contributed by atoms with Crippen LogP contribution >= 0.6 is 0 Å². The standard InChI is InChI=1S/C10H12O2.CH4O/c1-6-4-7(11)5-9-8(6)2-3-10(9)12;1-2/h4-5,10-12H,2-3H2,1H3;2H,1H3. The number of aryl methyl sites for hydroxylation is 1. The summed E-state index contributed by atoms with van der Waals surface area (Å²) in [6.07, 6.45) is 1.35. The lowest BCUT2D eigenvalue weighted by atomic mass is 10.0. The summed E-state index contributed by atoms with van der Waals surface area (Å²) in [6, 6.07) is 3.41. The molecule has 0 saturated heterocycles. The minimum absolute atomic E-state index is 0.257. The summed E-state index contributed by atoms with van der Waals surface area (Å²) in [7, 11) is 1.00. The van der Waals surface area contributed by atoms with Crippen LogP contribution in [0.4, 0.5) is 0 Å². The van der Waals surface area contributed by atoms with Gasteiger partial charge in [-0.25, -0.2) is 0 Å². The molecule has 0 aliphatic heterocycles.